The SMILES string of the molecule is CCNC(=O)Nc1ccc(-c2nc(N3CCOCC3C(N)=O)cc(C3(S(=O)(=O)c4ccccc4)CC3)n2)cc1. The summed E-state index contributed by atoms with van der Waals surface area (Å²) in [5.41, 5.74) is 7.23. The molecule has 3 aromatic rings. The van der Waals surface area contributed by atoms with Gasteiger partial charge in [-0.05, 0) is 56.2 Å². The van der Waals surface area contributed by atoms with Gasteiger partial charge >= 0.3 is 6.03 Å². The molecule has 1 saturated heterocycles. The van der Waals surface area contributed by atoms with Gasteiger partial charge in [-0.15, -0.1) is 0 Å². The average Bonchev–Trinajstić information content (AvgIpc) is 3.77. The van der Waals surface area contributed by atoms with Crippen molar-refractivity contribution < 1.29 is 22.7 Å². The first-order chi connectivity index (χ1) is 18.7. The van der Waals surface area contributed by atoms with Gasteiger partial charge in [-0.2, -0.15) is 0 Å². The average molecular weight is 551 g/mol. The lowest BCUT2D eigenvalue weighted by atomic mass is 10.1. The quantitative estimate of drug-likeness (QED) is 0.386. The predicted octanol–water partition coefficient (Wildman–Crippen LogP) is 2.44. The summed E-state index contributed by atoms with van der Waals surface area (Å²) in [5.74, 6) is 0.146. The van der Waals surface area contributed by atoms with Gasteiger partial charge < -0.3 is 26.0 Å². The van der Waals surface area contributed by atoms with Crippen molar-refractivity contribution in [3.63, 3.8) is 0 Å². The zero-order valence-electron chi connectivity index (χ0n) is 21.5. The maximum Gasteiger partial charge on any atom is 0.319 e. The molecule has 1 aromatic heterocycles. The highest BCUT2D eigenvalue weighted by Crippen LogP contribution is 2.55. The Bertz CT molecular complexity index is 1480. The Hall–Kier alpha value is -4.03. The maximum absolute atomic E-state index is 13.8. The van der Waals surface area contributed by atoms with Gasteiger partial charge in [0.05, 0.1) is 23.8 Å². The van der Waals surface area contributed by atoms with E-state index in [4.69, 9.17) is 20.4 Å². The highest BCUT2D eigenvalue weighted by Gasteiger charge is 2.58. The number of carbonyl (C=O) groups excluding carboxylic acids is 2. The van der Waals surface area contributed by atoms with Crippen molar-refractivity contribution in [2.75, 3.05) is 36.5 Å². The summed E-state index contributed by atoms with van der Waals surface area (Å²) in [6, 6.07) is 15.9. The van der Waals surface area contributed by atoms with Crippen molar-refractivity contribution >= 4 is 33.3 Å². The molecule has 2 aromatic carbocycles. The number of carbonyl (C=O) groups is 2. The monoisotopic (exact) mass is 550 g/mol. The van der Waals surface area contributed by atoms with Gasteiger partial charge in [0, 0.05) is 30.4 Å². The van der Waals surface area contributed by atoms with E-state index >= 15 is 0 Å². The topological polar surface area (TPSA) is 157 Å². The third kappa shape index (κ3) is 5.17. The van der Waals surface area contributed by atoms with E-state index in [0.29, 0.717) is 61.1 Å². The Morgan fingerprint density at radius 3 is 2.46 bits per heavy atom. The van der Waals surface area contributed by atoms with Crippen LogP contribution in [0.25, 0.3) is 11.4 Å². The van der Waals surface area contributed by atoms with Crippen LogP contribution < -0.4 is 21.3 Å². The number of anilines is 2. The maximum atomic E-state index is 13.8. The lowest BCUT2D eigenvalue weighted by molar-refractivity contribution is -0.121. The van der Waals surface area contributed by atoms with Gasteiger partial charge in [-0.3, -0.25) is 4.79 Å². The number of hydrogen-bond donors (Lipinski definition) is 3. The number of hydrogen-bond acceptors (Lipinski definition) is 8. The number of ether oxygens (including phenoxy) is 1. The lowest BCUT2D eigenvalue weighted by Gasteiger charge is -2.35. The number of nitrogens with zero attached hydrogens (tertiary/aromatic N) is 3. The minimum atomic E-state index is -3.76. The number of nitrogens with one attached hydrogen (secondary N) is 2. The van der Waals surface area contributed by atoms with Gasteiger partial charge in [-0.1, -0.05) is 18.2 Å². The molecule has 11 nitrogen and oxygen atoms in total. The summed E-state index contributed by atoms with van der Waals surface area (Å²) < 4.78 is 31.9. The summed E-state index contributed by atoms with van der Waals surface area (Å²) in [7, 11) is -3.76. The molecule has 2 fully saturated rings. The summed E-state index contributed by atoms with van der Waals surface area (Å²) in [4.78, 5) is 35.6. The Morgan fingerprint density at radius 1 is 1.10 bits per heavy atom. The van der Waals surface area contributed by atoms with Crippen molar-refractivity contribution in [2.24, 2.45) is 5.73 Å². The van der Waals surface area contributed by atoms with E-state index in [1.165, 1.54) is 0 Å². The summed E-state index contributed by atoms with van der Waals surface area (Å²) in [6.07, 6.45) is 0.829. The first kappa shape index (κ1) is 26.6. The first-order valence-electron chi connectivity index (χ1n) is 12.7. The van der Waals surface area contributed by atoms with Crippen LogP contribution in [0.15, 0.2) is 65.6 Å². The van der Waals surface area contributed by atoms with Gasteiger partial charge in [0.2, 0.25) is 5.91 Å². The van der Waals surface area contributed by atoms with Crippen molar-refractivity contribution in [3.8, 4) is 11.4 Å². The van der Waals surface area contributed by atoms with Crippen molar-refractivity contribution in [3.05, 3.63) is 66.4 Å². The summed E-state index contributed by atoms with van der Waals surface area (Å²) >= 11 is 0. The number of sulfone groups is 1. The smallest absolute Gasteiger partial charge is 0.319 e. The van der Waals surface area contributed by atoms with Crippen LogP contribution in [0.4, 0.5) is 16.3 Å². The second-order valence-corrected chi connectivity index (χ2v) is 11.8. The molecule has 2 aliphatic rings. The van der Waals surface area contributed by atoms with E-state index < -0.39 is 26.5 Å². The van der Waals surface area contributed by atoms with Crippen LogP contribution in [0.5, 0.6) is 0 Å². The second-order valence-electron chi connectivity index (χ2n) is 9.49. The van der Waals surface area contributed by atoms with Crippen LogP contribution in [0, 0.1) is 0 Å². The molecule has 204 valence electrons. The Balaban J connectivity index is 1.59. The van der Waals surface area contributed by atoms with Crippen LogP contribution in [0.1, 0.15) is 25.5 Å². The van der Waals surface area contributed by atoms with E-state index in [2.05, 4.69) is 10.6 Å². The van der Waals surface area contributed by atoms with E-state index in [-0.39, 0.29) is 17.5 Å². The molecule has 1 unspecified atom stereocenters. The van der Waals surface area contributed by atoms with Crippen molar-refractivity contribution in [1.82, 2.24) is 15.3 Å². The highest BCUT2D eigenvalue weighted by molar-refractivity contribution is 7.92. The first-order valence-corrected chi connectivity index (χ1v) is 14.2. The van der Waals surface area contributed by atoms with Crippen molar-refractivity contribution in [2.45, 2.75) is 35.4 Å². The second kappa shape index (κ2) is 10.6. The molecule has 12 heteroatoms. The predicted molar refractivity (Wildman–Crippen MR) is 146 cm³/mol. The molecule has 1 atom stereocenters. The lowest BCUT2D eigenvalue weighted by Crippen LogP contribution is -2.53. The van der Waals surface area contributed by atoms with Crippen LogP contribution in [-0.4, -0.2) is 62.7 Å². The van der Waals surface area contributed by atoms with E-state index in [1.54, 1.807) is 65.6 Å². The minimum Gasteiger partial charge on any atom is -0.377 e. The fraction of sp³-hybridized carbons (Fsp3) is 0.333. The minimum absolute atomic E-state index is 0.109. The van der Waals surface area contributed by atoms with E-state index in [9.17, 15) is 18.0 Å². The number of amides is 3. The van der Waals surface area contributed by atoms with Gasteiger partial charge in [0.1, 0.15) is 16.6 Å². The highest BCUT2D eigenvalue weighted by atomic mass is 32.2. The normalized spacial score (nSPS) is 18.3. The molecular formula is C27H30N6O5S. The van der Waals surface area contributed by atoms with Crippen LogP contribution in [0.2, 0.25) is 0 Å². The largest absolute Gasteiger partial charge is 0.377 e. The van der Waals surface area contributed by atoms with E-state index in [0.717, 1.165) is 0 Å². The number of primary amides is 1. The number of benzene rings is 2. The fourth-order valence-corrected chi connectivity index (χ4v) is 6.68. The molecule has 0 radical (unpaired) electrons. The number of urea groups is 1. The molecule has 4 N–H and O–H groups in total. The van der Waals surface area contributed by atoms with Crippen LogP contribution in [-0.2, 0) is 24.1 Å². The third-order valence-electron chi connectivity index (χ3n) is 6.94. The molecule has 0 bridgehead atoms. The van der Waals surface area contributed by atoms with Gasteiger partial charge in [0.15, 0.2) is 15.7 Å². The fourth-order valence-electron chi connectivity index (χ4n) is 4.70. The number of aromatic nitrogens is 2. The molecule has 0 spiro atoms. The zero-order chi connectivity index (χ0) is 27.6. The molecule has 5 rings (SSSR count). The third-order valence-corrected chi connectivity index (χ3v) is 9.48. The summed E-state index contributed by atoms with van der Waals surface area (Å²) in [5, 5.41) is 5.41. The molecule has 1 aliphatic carbocycles. The molecule has 1 saturated carbocycles. The number of nitrogens with two attached hydrogens (primary N) is 1. The molecule has 2 heterocycles. The summed E-state index contributed by atoms with van der Waals surface area (Å²) in [6.45, 7) is 3.16. The van der Waals surface area contributed by atoms with Crippen LogP contribution >= 0.6 is 0 Å². The number of rotatable bonds is 8. The molecule has 1 aliphatic heterocycles. The molecular weight excluding hydrogens is 520 g/mol. The van der Waals surface area contributed by atoms with Gasteiger partial charge in [-0.25, -0.2) is 23.2 Å². The zero-order valence-corrected chi connectivity index (χ0v) is 22.3. The van der Waals surface area contributed by atoms with Gasteiger partial charge in [0.25, 0.3) is 0 Å². The number of morpholine rings is 1. The van der Waals surface area contributed by atoms with E-state index in [1.807, 2.05) is 6.92 Å². The molecule has 39 heavy (non-hydrogen) atoms. The standard InChI is InChI=1S/C27H30N6O5S/c1-2-29-26(35)30-19-10-8-18(9-11-19)25-31-22(16-23(32-25)33-14-15-38-17-21(33)24(28)34)27(12-13-27)39(36,37)20-6-4-3-5-7-20/h3-11,16,21H,2,12-15,17H2,1H3,(H2,28,34)(H2,29,30,35). The van der Waals surface area contributed by atoms with Crippen LogP contribution in [0.3, 0.4) is 0 Å². The molecule has 3 amide bonds. The Kier molecular flexibility index (Phi) is 7.23. The van der Waals surface area contributed by atoms with Crippen molar-refractivity contribution in [1.29, 1.82) is 0 Å². The Morgan fingerprint density at radius 2 is 1.82 bits per heavy atom. The Labute approximate surface area is 226 Å².